The van der Waals surface area contributed by atoms with E-state index in [4.69, 9.17) is 21.1 Å². The summed E-state index contributed by atoms with van der Waals surface area (Å²) in [6, 6.07) is 11.8. The molecule has 0 saturated heterocycles. The Bertz CT molecular complexity index is 1460. The lowest BCUT2D eigenvalue weighted by molar-refractivity contribution is 0.0190. The molecule has 6 rings (SSSR count). The molecule has 2 aliphatic carbocycles. The van der Waals surface area contributed by atoms with Gasteiger partial charge in [0.2, 0.25) is 0 Å². The van der Waals surface area contributed by atoms with Gasteiger partial charge >= 0.3 is 0 Å². The van der Waals surface area contributed by atoms with Gasteiger partial charge in [0.05, 0.1) is 12.3 Å². The third-order valence-electron chi connectivity index (χ3n) is 9.22. The Balaban J connectivity index is 1.43. The van der Waals surface area contributed by atoms with E-state index in [0.29, 0.717) is 36.2 Å². The van der Waals surface area contributed by atoms with E-state index in [1.165, 1.54) is 11.1 Å². The number of rotatable bonds is 1. The van der Waals surface area contributed by atoms with Crippen LogP contribution in [0, 0.1) is 29.6 Å². The minimum absolute atomic E-state index is 0.0793. The first-order valence-electron chi connectivity index (χ1n) is 14.4. The lowest BCUT2D eigenvalue weighted by Crippen LogP contribution is -2.49. The number of nitrogens with zero attached hydrogens (tertiary/aromatic N) is 2. The van der Waals surface area contributed by atoms with Crippen molar-refractivity contribution >= 4 is 33.8 Å². The topological polar surface area (TPSA) is 68.2 Å². The Hall–Kier alpha value is -2.53. The quantitative estimate of drug-likeness (QED) is 0.346. The third kappa shape index (κ3) is 5.38. The van der Waals surface area contributed by atoms with Gasteiger partial charge in [0.1, 0.15) is 11.9 Å². The maximum Gasteiger partial charge on any atom is 0.284 e. The molecule has 1 spiro atoms. The second kappa shape index (κ2) is 11.4. The van der Waals surface area contributed by atoms with E-state index in [1.807, 2.05) is 25.1 Å². The molecule has 2 bridgehead atoms. The van der Waals surface area contributed by atoms with Crippen LogP contribution in [0.25, 0.3) is 0 Å². The molecule has 6 atom stereocenters. The van der Waals surface area contributed by atoms with Crippen LogP contribution in [0.4, 0.5) is 5.69 Å². The van der Waals surface area contributed by atoms with Crippen molar-refractivity contribution in [3.63, 3.8) is 0 Å². The zero-order chi connectivity index (χ0) is 27.9. The van der Waals surface area contributed by atoms with Gasteiger partial charge in [0, 0.05) is 64.9 Å². The highest BCUT2D eigenvalue weighted by atomic mass is 35.5. The first-order valence-corrected chi connectivity index (χ1v) is 16.2. The number of anilines is 1. The molecule has 2 aromatic rings. The van der Waals surface area contributed by atoms with Crippen LogP contribution >= 0.6 is 11.6 Å². The number of hydrogen-bond acceptors (Lipinski definition) is 5. The molecular weight excluding hydrogens is 544 g/mol. The monoisotopic (exact) mass is 580 g/mol. The summed E-state index contributed by atoms with van der Waals surface area (Å²) < 4.78 is 29.3. The Morgan fingerprint density at radius 2 is 2.10 bits per heavy atom. The van der Waals surface area contributed by atoms with Crippen LogP contribution in [-0.2, 0) is 27.2 Å². The average Bonchev–Trinajstić information content (AvgIpc) is 3.06. The highest BCUT2D eigenvalue weighted by Gasteiger charge is 2.44. The van der Waals surface area contributed by atoms with Crippen LogP contribution < -0.4 is 9.64 Å². The molecule has 0 N–H and O–H groups in total. The van der Waals surface area contributed by atoms with E-state index in [9.17, 15) is 9.00 Å². The number of ether oxygens (including phenoxy) is 2. The lowest BCUT2D eigenvalue weighted by Gasteiger charge is -2.45. The van der Waals surface area contributed by atoms with E-state index in [-0.39, 0.29) is 17.4 Å². The summed E-state index contributed by atoms with van der Waals surface area (Å²) in [7, 11) is -0.269. The fraction of sp³-hybridized carbons (Fsp3) is 0.531. The van der Waals surface area contributed by atoms with E-state index < -0.39 is 16.5 Å². The Morgan fingerprint density at radius 3 is 2.90 bits per heavy atom. The average molecular weight is 581 g/mol. The van der Waals surface area contributed by atoms with Crippen LogP contribution in [0.3, 0.4) is 0 Å². The van der Waals surface area contributed by atoms with Crippen molar-refractivity contribution in [1.29, 1.82) is 0 Å². The number of amides is 1. The molecular formula is C32H37ClN2O4S. The van der Waals surface area contributed by atoms with Crippen LogP contribution in [0.15, 0.2) is 40.8 Å². The number of benzene rings is 2. The van der Waals surface area contributed by atoms with Crippen LogP contribution in [0.5, 0.6) is 5.75 Å². The van der Waals surface area contributed by atoms with E-state index in [1.54, 1.807) is 13.2 Å². The van der Waals surface area contributed by atoms with Gasteiger partial charge in [-0.1, -0.05) is 30.5 Å². The van der Waals surface area contributed by atoms with Gasteiger partial charge in [-0.25, -0.2) is 0 Å². The first kappa shape index (κ1) is 27.6. The highest BCUT2D eigenvalue weighted by Crippen LogP contribution is 2.46. The van der Waals surface area contributed by atoms with Gasteiger partial charge in [0.15, 0.2) is 0 Å². The molecule has 0 radical (unpaired) electrons. The molecule has 2 aliphatic heterocycles. The Labute approximate surface area is 244 Å². The minimum atomic E-state index is -2.02. The predicted octanol–water partition coefficient (Wildman–Crippen LogP) is 5.70. The number of methoxy groups -OCH3 is 1. The van der Waals surface area contributed by atoms with Crippen molar-refractivity contribution in [3.8, 4) is 17.6 Å². The summed E-state index contributed by atoms with van der Waals surface area (Å²) in [5, 5.41) is 0.766. The molecule has 2 heterocycles. The Kier molecular flexibility index (Phi) is 7.87. The van der Waals surface area contributed by atoms with E-state index >= 15 is 0 Å². The normalized spacial score (nSPS) is 32.2. The molecule has 0 aromatic heterocycles. The number of hydrogen-bond donors (Lipinski definition) is 1. The summed E-state index contributed by atoms with van der Waals surface area (Å²) in [6.45, 7) is 4.17. The smallest absolute Gasteiger partial charge is 0.284 e. The molecule has 6 nitrogen and oxygen atoms in total. The number of aryl methyl sites for hydroxylation is 1. The van der Waals surface area contributed by atoms with Crippen molar-refractivity contribution in [1.82, 2.24) is 0 Å². The fourth-order valence-electron chi connectivity index (χ4n) is 6.96. The standard InChI is InChI=1S/C32H37ClN2O4S/c1-21-5-3-7-29(38-2)26-11-8-24(26)17-35-19-32(14-4-6-22-15-25(33)10-12-27(22)32)20-39-30-13-9-23(16-28(30)35)31(36)34-40(37)18-21/h9-10,12-13,15-16,21,24,26,29,40H,4-6,8,11,14,17-20H2,1-2H3/t21-,24-,26+,29-,32-/m0/s1. The summed E-state index contributed by atoms with van der Waals surface area (Å²) in [5.74, 6) is 8.16. The van der Waals surface area contributed by atoms with Crippen molar-refractivity contribution in [2.75, 3.05) is 37.5 Å². The van der Waals surface area contributed by atoms with E-state index in [0.717, 1.165) is 61.7 Å². The molecule has 2 aromatic carbocycles. The second-order valence-electron chi connectivity index (χ2n) is 12.0. The number of fused-ring (bicyclic) bond motifs is 4. The number of carbonyl (C=O) groups excluding carboxylic acids is 1. The Morgan fingerprint density at radius 1 is 1.23 bits per heavy atom. The largest absolute Gasteiger partial charge is 0.490 e. The van der Waals surface area contributed by atoms with Crippen molar-refractivity contribution in [3.05, 3.63) is 58.1 Å². The van der Waals surface area contributed by atoms with Gasteiger partial charge in [-0.05, 0) is 85.4 Å². The lowest BCUT2D eigenvalue weighted by atomic mass is 9.68. The fourth-order valence-corrected chi connectivity index (χ4v) is 8.21. The molecule has 4 aliphatic rings. The second-order valence-corrected chi connectivity index (χ2v) is 13.7. The predicted molar refractivity (Wildman–Crippen MR) is 160 cm³/mol. The molecule has 1 unspecified atom stereocenters. The first-order chi connectivity index (χ1) is 19.3. The number of thiol groups is 1. The van der Waals surface area contributed by atoms with Crippen molar-refractivity contribution < 1.29 is 18.5 Å². The van der Waals surface area contributed by atoms with Crippen LogP contribution in [0.1, 0.15) is 60.5 Å². The molecule has 212 valence electrons. The van der Waals surface area contributed by atoms with Crippen molar-refractivity contribution in [2.24, 2.45) is 22.1 Å². The zero-order valence-electron chi connectivity index (χ0n) is 23.2. The van der Waals surface area contributed by atoms with Crippen LogP contribution in [-0.4, -0.2) is 48.8 Å². The number of halogens is 1. The maximum atomic E-state index is 13.1. The van der Waals surface area contributed by atoms with E-state index in [2.05, 4.69) is 33.2 Å². The maximum absolute atomic E-state index is 13.1. The van der Waals surface area contributed by atoms with Gasteiger partial charge in [-0.2, -0.15) is 4.36 Å². The van der Waals surface area contributed by atoms with Gasteiger partial charge in [-0.15, -0.1) is 5.92 Å². The minimum Gasteiger partial charge on any atom is -0.490 e. The molecule has 8 heteroatoms. The summed E-state index contributed by atoms with van der Waals surface area (Å²) in [6.07, 6.45) is 5.79. The van der Waals surface area contributed by atoms with Gasteiger partial charge in [0.25, 0.3) is 5.91 Å². The molecule has 1 saturated carbocycles. The number of carbonyl (C=O) groups is 1. The summed E-state index contributed by atoms with van der Waals surface area (Å²) in [5.41, 5.74) is 3.77. The molecule has 1 amide bonds. The summed E-state index contributed by atoms with van der Waals surface area (Å²) >= 11 is 6.40. The SMILES string of the molecule is CO[C@H]1C#CC[C@H](C)C/[SH](=O)=N\C(=O)c2ccc3c(c2)N(C[C@@H]2CC[C@H]21)C[C@@]1(CCCc2cc(Cl)ccc21)CO3. The van der Waals surface area contributed by atoms with Crippen molar-refractivity contribution in [2.45, 2.75) is 57.0 Å². The molecule has 40 heavy (non-hydrogen) atoms. The van der Waals surface area contributed by atoms with Crippen LogP contribution in [0.2, 0.25) is 5.02 Å². The summed E-state index contributed by atoms with van der Waals surface area (Å²) in [4.78, 5) is 15.6. The van der Waals surface area contributed by atoms with Gasteiger partial charge < -0.3 is 14.4 Å². The van der Waals surface area contributed by atoms with Gasteiger partial charge in [-0.3, -0.25) is 9.00 Å². The third-order valence-corrected chi connectivity index (χ3v) is 10.8. The molecule has 1 fully saturated rings. The zero-order valence-corrected chi connectivity index (χ0v) is 24.8. The highest BCUT2D eigenvalue weighted by molar-refractivity contribution is 7.75.